The number of pyridine rings is 2. The zero-order chi connectivity index (χ0) is 12.1. The van der Waals surface area contributed by atoms with Crippen molar-refractivity contribution in [2.45, 2.75) is 6.54 Å². The fraction of sp³-hybridized carbons (Fsp3) is 0.167. The zero-order valence-electron chi connectivity index (χ0n) is 9.35. The number of halogens is 1. The predicted molar refractivity (Wildman–Crippen MR) is 70.1 cm³/mol. The largest absolute Gasteiger partial charge is 0.481 e. The maximum Gasteiger partial charge on any atom is 0.212 e. The van der Waals surface area contributed by atoms with Gasteiger partial charge in [0.05, 0.1) is 17.3 Å². The van der Waals surface area contributed by atoms with Crippen LogP contribution in [0.4, 0.5) is 5.69 Å². The molecule has 2 aromatic heterocycles. The number of aromatic nitrogens is 2. The van der Waals surface area contributed by atoms with Crippen molar-refractivity contribution in [3.05, 3.63) is 46.8 Å². The summed E-state index contributed by atoms with van der Waals surface area (Å²) >= 11 is 3.43. The molecule has 0 aliphatic rings. The van der Waals surface area contributed by atoms with E-state index in [2.05, 4.69) is 31.2 Å². The Morgan fingerprint density at radius 2 is 2.18 bits per heavy atom. The minimum Gasteiger partial charge on any atom is -0.481 e. The summed E-state index contributed by atoms with van der Waals surface area (Å²) in [6.45, 7) is 0.708. The van der Waals surface area contributed by atoms with E-state index in [0.29, 0.717) is 12.4 Å². The molecule has 1 N–H and O–H groups in total. The van der Waals surface area contributed by atoms with E-state index in [4.69, 9.17) is 4.74 Å². The van der Waals surface area contributed by atoms with E-state index in [1.165, 1.54) is 0 Å². The molecule has 0 unspecified atom stereocenters. The van der Waals surface area contributed by atoms with Crippen molar-refractivity contribution in [3.63, 3.8) is 0 Å². The third-order valence-corrected chi connectivity index (χ3v) is 2.89. The summed E-state index contributed by atoms with van der Waals surface area (Å²) in [4.78, 5) is 8.15. The van der Waals surface area contributed by atoms with Gasteiger partial charge in [0.1, 0.15) is 0 Å². The van der Waals surface area contributed by atoms with Crippen molar-refractivity contribution in [2.75, 3.05) is 12.4 Å². The number of nitrogens with zero attached hydrogens (tertiary/aromatic N) is 2. The van der Waals surface area contributed by atoms with Crippen LogP contribution in [0.2, 0.25) is 0 Å². The van der Waals surface area contributed by atoms with Gasteiger partial charge in [-0.05, 0) is 27.6 Å². The van der Waals surface area contributed by atoms with Crippen molar-refractivity contribution < 1.29 is 4.74 Å². The number of methoxy groups -OCH3 is 1. The Hall–Kier alpha value is -1.62. The maximum absolute atomic E-state index is 5.00. The summed E-state index contributed by atoms with van der Waals surface area (Å²) in [5, 5.41) is 3.30. The van der Waals surface area contributed by atoms with Crippen molar-refractivity contribution in [1.29, 1.82) is 0 Å². The molecule has 17 heavy (non-hydrogen) atoms. The Kier molecular flexibility index (Phi) is 3.93. The molecule has 0 atom stereocenters. The van der Waals surface area contributed by atoms with Crippen LogP contribution in [-0.2, 0) is 6.54 Å². The highest BCUT2D eigenvalue weighted by Crippen LogP contribution is 2.20. The lowest BCUT2D eigenvalue weighted by Crippen LogP contribution is -2.01. The number of nitrogens with one attached hydrogen (secondary N) is 1. The van der Waals surface area contributed by atoms with E-state index in [9.17, 15) is 0 Å². The summed E-state index contributed by atoms with van der Waals surface area (Å²) in [6.07, 6.45) is 5.30. The Bertz CT molecular complexity index is 487. The van der Waals surface area contributed by atoms with Crippen LogP contribution in [0.3, 0.4) is 0 Å². The summed E-state index contributed by atoms with van der Waals surface area (Å²) in [5.41, 5.74) is 2.10. The molecule has 2 rings (SSSR count). The van der Waals surface area contributed by atoms with E-state index in [1.807, 2.05) is 18.2 Å². The predicted octanol–water partition coefficient (Wildman–Crippen LogP) is 2.86. The molecule has 0 amide bonds. The molecule has 2 heterocycles. The first kappa shape index (κ1) is 11.9. The fourth-order valence-electron chi connectivity index (χ4n) is 1.35. The molecule has 0 aromatic carbocycles. The maximum atomic E-state index is 5.00. The molecule has 88 valence electrons. The van der Waals surface area contributed by atoms with Crippen molar-refractivity contribution in [2.24, 2.45) is 0 Å². The lowest BCUT2D eigenvalue weighted by atomic mass is 10.3. The average molecular weight is 294 g/mol. The second kappa shape index (κ2) is 5.63. The number of ether oxygens (including phenoxy) is 1. The Labute approximate surface area is 108 Å². The average Bonchev–Trinajstić information content (AvgIpc) is 2.38. The van der Waals surface area contributed by atoms with Crippen LogP contribution < -0.4 is 10.1 Å². The van der Waals surface area contributed by atoms with Crippen LogP contribution in [-0.4, -0.2) is 17.1 Å². The van der Waals surface area contributed by atoms with Crippen LogP contribution >= 0.6 is 15.9 Å². The molecular weight excluding hydrogens is 282 g/mol. The second-order valence-electron chi connectivity index (χ2n) is 3.42. The minimum absolute atomic E-state index is 0.624. The third-order valence-electron chi connectivity index (χ3n) is 2.26. The number of hydrogen-bond donors (Lipinski definition) is 1. The molecular formula is C12H12BrN3O. The summed E-state index contributed by atoms with van der Waals surface area (Å²) in [6, 6.07) is 5.74. The fourth-order valence-corrected chi connectivity index (χ4v) is 1.74. The second-order valence-corrected chi connectivity index (χ2v) is 4.27. The number of hydrogen-bond acceptors (Lipinski definition) is 4. The third kappa shape index (κ3) is 3.17. The molecule has 0 radical (unpaired) electrons. The van der Waals surface area contributed by atoms with Crippen molar-refractivity contribution in [3.8, 4) is 5.88 Å². The van der Waals surface area contributed by atoms with Crippen LogP contribution in [0.1, 0.15) is 5.56 Å². The van der Waals surface area contributed by atoms with Gasteiger partial charge in [-0.3, -0.25) is 4.98 Å². The molecule has 5 heteroatoms. The number of anilines is 1. The first-order valence-corrected chi connectivity index (χ1v) is 5.91. The standard InChI is InChI=1S/C12H12BrN3O/c1-17-12-3-2-9(7-16-12)6-15-11-4-5-14-8-10(11)13/h2-5,7-8H,6H2,1H3,(H,14,15). The molecule has 0 aliphatic heterocycles. The highest BCUT2D eigenvalue weighted by Gasteiger charge is 1.99. The lowest BCUT2D eigenvalue weighted by Gasteiger charge is -2.08. The van der Waals surface area contributed by atoms with Gasteiger partial charge in [-0.2, -0.15) is 0 Å². The summed E-state index contributed by atoms with van der Waals surface area (Å²) < 4.78 is 5.95. The summed E-state index contributed by atoms with van der Waals surface area (Å²) in [7, 11) is 1.61. The molecule has 0 bridgehead atoms. The van der Waals surface area contributed by atoms with Crippen LogP contribution in [0.25, 0.3) is 0 Å². The minimum atomic E-state index is 0.624. The molecule has 0 aliphatic carbocycles. The van der Waals surface area contributed by atoms with Gasteiger partial charge in [0.2, 0.25) is 5.88 Å². The van der Waals surface area contributed by atoms with Gasteiger partial charge < -0.3 is 10.1 Å². The van der Waals surface area contributed by atoms with E-state index in [-0.39, 0.29) is 0 Å². The molecule has 0 spiro atoms. The highest BCUT2D eigenvalue weighted by atomic mass is 79.9. The van der Waals surface area contributed by atoms with Crippen molar-refractivity contribution >= 4 is 21.6 Å². The molecule has 0 saturated carbocycles. The SMILES string of the molecule is COc1ccc(CNc2ccncc2Br)cn1. The van der Waals surface area contributed by atoms with Crippen LogP contribution in [0, 0.1) is 0 Å². The zero-order valence-corrected chi connectivity index (χ0v) is 10.9. The van der Waals surface area contributed by atoms with Gasteiger partial charge in [-0.1, -0.05) is 6.07 Å². The van der Waals surface area contributed by atoms with Gasteiger partial charge >= 0.3 is 0 Å². The van der Waals surface area contributed by atoms with Gasteiger partial charge in [-0.15, -0.1) is 0 Å². The van der Waals surface area contributed by atoms with E-state index < -0.39 is 0 Å². The molecule has 0 fully saturated rings. The van der Waals surface area contributed by atoms with Gasteiger partial charge in [0.15, 0.2) is 0 Å². The quantitative estimate of drug-likeness (QED) is 0.942. The van der Waals surface area contributed by atoms with E-state index in [0.717, 1.165) is 15.7 Å². The van der Waals surface area contributed by atoms with E-state index >= 15 is 0 Å². The van der Waals surface area contributed by atoms with Gasteiger partial charge in [0, 0.05) is 31.2 Å². The van der Waals surface area contributed by atoms with E-state index in [1.54, 1.807) is 25.7 Å². The molecule has 0 saturated heterocycles. The Balaban J connectivity index is 2.00. The van der Waals surface area contributed by atoms with Gasteiger partial charge in [0.25, 0.3) is 0 Å². The first-order chi connectivity index (χ1) is 8.29. The van der Waals surface area contributed by atoms with Crippen molar-refractivity contribution in [1.82, 2.24) is 9.97 Å². The first-order valence-electron chi connectivity index (χ1n) is 5.12. The Morgan fingerprint density at radius 3 is 2.82 bits per heavy atom. The molecule has 2 aromatic rings. The highest BCUT2D eigenvalue weighted by molar-refractivity contribution is 9.10. The van der Waals surface area contributed by atoms with Crippen LogP contribution in [0.15, 0.2) is 41.3 Å². The Morgan fingerprint density at radius 1 is 1.29 bits per heavy atom. The molecule has 4 nitrogen and oxygen atoms in total. The lowest BCUT2D eigenvalue weighted by molar-refractivity contribution is 0.397. The van der Waals surface area contributed by atoms with Crippen LogP contribution in [0.5, 0.6) is 5.88 Å². The normalized spacial score (nSPS) is 10.0. The number of rotatable bonds is 4. The smallest absolute Gasteiger partial charge is 0.212 e. The van der Waals surface area contributed by atoms with Gasteiger partial charge in [-0.25, -0.2) is 4.98 Å². The summed E-state index contributed by atoms with van der Waals surface area (Å²) in [5.74, 6) is 0.624. The monoisotopic (exact) mass is 293 g/mol. The topological polar surface area (TPSA) is 47.0 Å².